The van der Waals surface area contributed by atoms with Crippen molar-refractivity contribution in [2.45, 2.75) is 77.5 Å². The van der Waals surface area contributed by atoms with Gasteiger partial charge in [-0.05, 0) is 52.0 Å². The number of benzene rings is 1. The summed E-state index contributed by atoms with van der Waals surface area (Å²) < 4.78 is 0. The van der Waals surface area contributed by atoms with Crippen LogP contribution in [0.4, 0.5) is 0 Å². The second kappa shape index (κ2) is 6.64. The molecular formula is C20H32N2O. The van der Waals surface area contributed by atoms with Crippen molar-refractivity contribution in [1.82, 2.24) is 10.2 Å². The first-order chi connectivity index (χ1) is 10.7. The predicted octanol–water partition coefficient (Wildman–Crippen LogP) is 4.15. The van der Waals surface area contributed by atoms with Crippen molar-refractivity contribution in [3.63, 3.8) is 0 Å². The zero-order valence-corrected chi connectivity index (χ0v) is 15.5. The maximum atomic E-state index is 12.1. The van der Waals surface area contributed by atoms with Gasteiger partial charge in [0, 0.05) is 17.1 Å². The van der Waals surface area contributed by atoms with E-state index in [4.69, 9.17) is 0 Å². The molecular weight excluding hydrogens is 284 g/mol. The van der Waals surface area contributed by atoms with Crippen LogP contribution in [0.3, 0.4) is 0 Å². The van der Waals surface area contributed by atoms with Crippen molar-refractivity contribution in [3.8, 4) is 0 Å². The largest absolute Gasteiger partial charge is 0.335 e. The highest BCUT2D eigenvalue weighted by Gasteiger charge is 2.41. The standard InChI is InChI=1S/C20H32N2O/c1-15(2)18(16-10-8-7-9-11-16)22(14-23)17-12-19(3,4)21-20(5,6)13-17/h7-11,14-15,17-18,21H,12-13H2,1-6H3. The molecule has 1 amide bonds. The molecule has 1 heterocycles. The minimum atomic E-state index is 0.0336. The highest BCUT2D eigenvalue weighted by Crippen LogP contribution is 2.37. The van der Waals surface area contributed by atoms with Gasteiger partial charge in [0.25, 0.3) is 0 Å². The molecule has 1 aliphatic heterocycles. The van der Waals surface area contributed by atoms with Gasteiger partial charge in [0.05, 0.1) is 6.04 Å². The van der Waals surface area contributed by atoms with Crippen molar-refractivity contribution in [2.24, 2.45) is 5.92 Å². The fraction of sp³-hybridized carbons (Fsp3) is 0.650. The molecule has 23 heavy (non-hydrogen) atoms. The summed E-state index contributed by atoms with van der Waals surface area (Å²) in [6.45, 7) is 13.3. The minimum Gasteiger partial charge on any atom is -0.335 e. The summed E-state index contributed by atoms with van der Waals surface area (Å²) in [6, 6.07) is 10.8. The number of carbonyl (C=O) groups is 1. The zero-order chi connectivity index (χ0) is 17.3. The summed E-state index contributed by atoms with van der Waals surface area (Å²) in [5.41, 5.74) is 1.29. The smallest absolute Gasteiger partial charge is 0.210 e. The highest BCUT2D eigenvalue weighted by atomic mass is 16.1. The van der Waals surface area contributed by atoms with E-state index in [1.165, 1.54) is 5.56 Å². The van der Waals surface area contributed by atoms with Crippen molar-refractivity contribution < 1.29 is 4.79 Å². The number of nitrogens with one attached hydrogen (secondary N) is 1. The molecule has 1 aromatic rings. The van der Waals surface area contributed by atoms with Crippen molar-refractivity contribution in [2.75, 3.05) is 0 Å². The Kier molecular flexibility index (Phi) is 5.20. The Hall–Kier alpha value is -1.35. The van der Waals surface area contributed by atoms with Gasteiger partial charge in [-0.15, -0.1) is 0 Å². The SMILES string of the molecule is CC(C)C(c1ccccc1)N(C=O)C1CC(C)(C)NC(C)(C)C1. The van der Waals surface area contributed by atoms with E-state index in [0.717, 1.165) is 19.3 Å². The lowest BCUT2D eigenvalue weighted by molar-refractivity contribution is -0.126. The third-order valence-corrected chi connectivity index (χ3v) is 4.81. The molecule has 1 fully saturated rings. The number of hydrogen-bond acceptors (Lipinski definition) is 2. The van der Waals surface area contributed by atoms with Gasteiger partial charge in [0.1, 0.15) is 0 Å². The number of carbonyl (C=O) groups excluding carboxylic acids is 1. The van der Waals surface area contributed by atoms with Crippen LogP contribution in [0.2, 0.25) is 0 Å². The third-order valence-electron chi connectivity index (χ3n) is 4.81. The summed E-state index contributed by atoms with van der Waals surface area (Å²) in [5.74, 6) is 0.378. The quantitative estimate of drug-likeness (QED) is 0.828. The average molecular weight is 316 g/mol. The molecule has 2 rings (SSSR count). The average Bonchev–Trinajstić information content (AvgIpc) is 2.41. The summed E-state index contributed by atoms with van der Waals surface area (Å²) in [4.78, 5) is 14.1. The first-order valence-electron chi connectivity index (χ1n) is 8.72. The Bertz CT molecular complexity index is 506. The van der Waals surface area contributed by atoms with E-state index >= 15 is 0 Å². The van der Waals surface area contributed by atoms with E-state index in [2.05, 4.69) is 76.0 Å². The summed E-state index contributed by atoms with van der Waals surface area (Å²) in [5, 5.41) is 3.71. The van der Waals surface area contributed by atoms with Crippen LogP contribution in [0.1, 0.15) is 66.0 Å². The molecule has 1 atom stereocenters. The van der Waals surface area contributed by atoms with E-state index in [1.807, 2.05) is 6.07 Å². The number of hydrogen-bond donors (Lipinski definition) is 1. The third kappa shape index (κ3) is 4.35. The minimum absolute atomic E-state index is 0.0336. The molecule has 0 aromatic heterocycles. The van der Waals surface area contributed by atoms with Gasteiger partial charge >= 0.3 is 0 Å². The molecule has 1 aromatic carbocycles. The van der Waals surface area contributed by atoms with Crippen LogP contribution in [-0.2, 0) is 4.79 Å². The first-order valence-corrected chi connectivity index (χ1v) is 8.72. The normalized spacial score (nSPS) is 21.9. The van der Waals surface area contributed by atoms with Gasteiger partial charge in [0.15, 0.2) is 0 Å². The van der Waals surface area contributed by atoms with Crippen LogP contribution in [0.15, 0.2) is 30.3 Å². The summed E-state index contributed by atoms with van der Waals surface area (Å²) >= 11 is 0. The number of piperidine rings is 1. The molecule has 3 heteroatoms. The molecule has 0 bridgehead atoms. The van der Waals surface area contributed by atoms with Crippen molar-refractivity contribution in [1.29, 1.82) is 0 Å². The van der Waals surface area contributed by atoms with Crippen LogP contribution in [0.5, 0.6) is 0 Å². The van der Waals surface area contributed by atoms with E-state index in [0.29, 0.717) is 5.92 Å². The zero-order valence-electron chi connectivity index (χ0n) is 15.5. The van der Waals surface area contributed by atoms with Gasteiger partial charge in [-0.2, -0.15) is 0 Å². The van der Waals surface area contributed by atoms with Gasteiger partial charge in [-0.1, -0.05) is 44.2 Å². The van der Waals surface area contributed by atoms with Gasteiger partial charge in [-0.3, -0.25) is 4.79 Å². The molecule has 1 unspecified atom stereocenters. The predicted molar refractivity (Wildman–Crippen MR) is 96.2 cm³/mol. The van der Waals surface area contributed by atoms with Crippen LogP contribution in [0, 0.1) is 5.92 Å². The lowest BCUT2D eigenvalue weighted by Gasteiger charge is -2.51. The molecule has 0 radical (unpaired) electrons. The van der Waals surface area contributed by atoms with E-state index in [9.17, 15) is 4.79 Å². The van der Waals surface area contributed by atoms with Crippen molar-refractivity contribution >= 4 is 6.41 Å². The monoisotopic (exact) mass is 316 g/mol. The molecule has 1 aliphatic rings. The Morgan fingerprint density at radius 1 is 1.09 bits per heavy atom. The Balaban J connectivity index is 2.34. The van der Waals surface area contributed by atoms with E-state index in [1.54, 1.807) is 0 Å². The van der Waals surface area contributed by atoms with Gasteiger partial charge in [0.2, 0.25) is 6.41 Å². The highest BCUT2D eigenvalue weighted by molar-refractivity contribution is 5.50. The van der Waals surface area contributed by atoms with Gasteiger partial charge in [-0.25, -0.2) is 0 Å². The van der Waals surface area contributed by atoms with Crippen LogP contribution in [-0.4, -0.2) is 28.4 Å². The van der Waals surface area contributed by atoms with Crippen LogP contribution in [0.25, 0.3) is 0 Å². The van der Waals surface area contributed by atoms with Crippen LogP contribution < -0.4 is 5.32 Å². The fourth-order valence-electron chi connectivity index (χ4n) is 4.41. The molecule has 0 saturated carbocycles. The molecule has 0 aliphatic carbocycles. The number of amides is 1. The summed E-state index contributed by atoms with van der Waals surface area (Å²) in [6.07, 6.45) is 3.02. The Morgan fingerprint density at radius 3 is 2.04 bits per heavy atom. The van der Waals surface area contributed by atoms with Crippen molar-refractivity contribution in [3.05, 3.63) is 35.9 Å². The molecule has 1 N–H and O–H groups in total. The fourth-order valence-corrected chi connectivity index (χ4v) is 4.41. The number of rotatable bonds is 5. The molecule has 1 saturated heterocycles. The topological polar surface area (TPSA) is 32.3 Å². The van der Waals surface area contributed by atoms with Gasteiger partial charge < -0.3 is 10.2 Å². The lowest BCUT2D eigenvalue weighted by atomic mass is 9.78. The maximum absolute atomic E-state index is 12.1. The number of nitrogens with zero attached hydrogens (tertiary/aromatic N) is 1. The maximum Gasteiger partial charge on any atom is 0.210 e. The first kappa shape index (κ1) is 18.0. The lowest BCUT2D eigenvalue weighted by Crippen LogP contribution is -2.62. The molecule has 0 spiro atoms. The summed E-state index contributed by atoms with van der Waals surface area (Å²) in [7, 11) is 0. The second-order valence-corrected chi connectivity index (χ2v) is 8.61. The second-order valence-electron chi connectivity index (χ2n) is 8.61. The Morgan fingerprint density at radius 2 is 1.61 bits per heavy atom. The molecule has 128 valence electrons. The molecule has 3 nitrogen and oxygen atoms in total. The van der Waals surface area contributed by atoms with E-state index in [-0.39, 0.29) is 23.2 Å². The van der Waals surface area contributed by atoms with E-state index < -0.39 is 0 Å². The van der Waals surface area contributed by atoms with Crippen LogP contribution >= 0.6 is 0 Å². The Labute approximate surface area is 141 Å².